The molecule has 0 aliphatic heterocycles. The van der Waals surface area contributed by atoms with E-state index in [9.17, 15) is 0 Å². The molecule has 2 nitrogen and oxygen atoms in total. The van der Waals surface area contributed by atoms with E-state index >= 15 is 0 Å². The third kappa shape index (κ3) is 5.38. The van der Waals surface area contributed by atoms with Crippen LogP contribution in [0.4, 0.5) is 0 Å². The average Bonchev–Trinajstić information content (AvgIpc) is 1.84. The molecular weight excluding hydrogens is 363 g/mol. The van der Waals surface area contributed by atoms with E-state index in [4.69, 9.17) is 0 Å². The summed E-state index contributed by atoms with van der Waals surface area (Å²) in [4.78, 5) is 5.17. The molecule has 21 heavy (non-hydrogen) atoms. The van der Waals surface area contributed by atoms with Crippen LogP contribution in [0.3, 0.4) is 0 Å². The van der Waals surface area contributed by atoms with Crippen LogP contribution in [0, 0.1) is 0 Å². The zero-order chi connectivity index (χ0) is 17.7. The first-order chi connectivity index (χ1) is 8.73. The van der Waals surface area contributed by atoms with Crippen molar-refractivity contribution in [2.45, 2.75) is 115 Å². The van der Waals surface area contributed by atoms with Crippen molar-refractivity contribution in [3.63, 3.8) is 0 Å². The van der Waals surface area contributed by atoms with Crippen LogP contribution in [0.5, 0.6) is 0 Å². The van der Waals surface area contributed by atoms with Crippen LogP contribution in [-0.2, 0) is 0 Å². The molecule has 0 aromatic rings. The Hall–Kier alpha value is 0.719. The molecule has 0 aliphatic rings. The van der Waals surface area contributed by atoms with Gasteiger partial charge in [0.15, 0.2) is 0 Å². The van der Waals surface area contributed by atoms with Gasteiger partial charge in [0.1, 0.15) is 0 Å². The Kier molecular flexibility index (Phi) is 6.18. The van der Waals surface area contributed by atoms with Gasteiger partial charge >= 0.3 is 140 Å². The molecule has 0 saturated heterocycles. The summed E-state index contributed by atoms with van der Waals surface area (Å²) in [6.07, 6.45) is 0. The Bertz CT molecular complexity index is 283. The van der Waals surface area contributed by atoms with Gasteiger partial charge in [0.05, 0.1) is 0 Å². The third-order valence-electron chi connectivity index (χ3n) is 3.78. The minimum atomic E-state index is -2.75. The van der Waals surface area contributed by atoms with Crippen LogP contribution in [0.25, 0.3) is 0 Å². The Balaban J connectivity index is 6.21. The van der Waals surface area contributed by atoms with Gasteiger partial charge in [-0.2, -0.15) is 0 Å². The van der Waals surface area contributed by atoms with E-state index in [2.05, 4.69) is 99.2 Å². The van der Waals surface area contributed by atoms with Crippen molar-refractivity contribution in [3.8, 4) is 0 Å². The van der Waals surface area contributed by atoms with E-state index in [0.29, 0.717) is 0 Å². The molecule has 0 bridgehead atoms. The standard InChI is InChI=1S/2C8H18N.2CH3.Sn/c2*1-7(2,3)9-8(4,5)6;;;/h2*1-6H3;2*1H3;/q2*-1;;;+2. The fourth-order valence-electron chi connectivity index (χ4n) is 5.40. The van der Waals surface area contributed by atoms with Crippen molar-refractivity contribution in [2.75, 3.05) is 0 Å². The quantitative estimate of drug-likeness (QED) is 0.561. The van der Waals surface area contributed by atoms with E-state index < -0.39 is 18.9 Å². The fraction of sp³-hybridized carbons (Fsp3) is 1.00. The summed E-state index contributed by atoms with van der Waals surface area (Å²) in [5.74, 6) is 0. The molecular formula is C18H42N2Sn. The molecule has 0 amide bonds. The molecule has 0 aliphatic carbocycles. The van der Waals surface area contributed by atoms with Crippen molar-refractivity contribution in [1.29, 1.82) is 0 Å². The van der Waals surface area contributed by atoms with Crippen LogP contribution in [-0.4, -0.2) is 47.3 Å². The van der Waals surface area contributed by atoms with Crippen molar-refractivity contribution >= 4 is 18.9 Å². The van der Waals surface area contributed by atoms with Crippen LogP contribution < -0.4 is 0 Å². The van der Waals surface area contributed by atoms with Crippen LogP contribution in [0.15, 0.2) is 0 Å². The average molecular weight is 405 g/mol. The molecule has 0 saturated carbocycles. The molecule has 0 aromatic carbocycles. The minimum absolute atomic E-state index is 0.187. The van der Waals surface area contributed by atoms with E-state index in [1.54, 1.807) is 0 Å². The first-order valence-corrected chi connectivity index (χ1v) is 16.6. The van der Waals surface area contributed by atoms with Gasteiger partial charge in [-0.3, -0.25) is 0 Å². The number of hydrogen-bond acceptors (Lipinski definition) is 2. The Morgan fingerprint density at radius 3 is 0.667 bits per heavy atom. The Labute approximate surface area is 140 Å². The molecule has 0 N–H and O–H groups in total. The molecule has 0 atom stereocenters. The van der Waals surface area contributed by atoms with Gasteiger partial charge in [0, 0.05) is 0 Å². The van der Waals surface area contributed by atoms with Crippen molar-refractivity contribution in [2.24, 2.45) is 0 Å². The zero-order valence-electron chi connectivity index (χ0n) is 17.4. The van der Waals surface area contributed by atoms with Crippen LogP contribution in [0.2, 0.25) is 9.88 Å². The molecule has 3 heteroatoms. The Morgan fingerprint density at radius 1 is 0.429 bits per heavy atom. The second-order valence-electron chi connectivity index (χ2n) is 10.8. The van der Waals surface area contributed by atoms with Crippen LogP contribution >= 0.6 is 0 Å². The predicted molar refractivity (Wildman–Crippen MR) is 100 cm³/mol. The Morgan fingerprint density at radius 2 is 0.571 bits per heavy atom. The van der Waals surface area contributed by atoms with E-state index in [1.165, 1.54) is 0 Å². The zero-order valence-corrected chi connectivity index (χ0v) is 20.2. The molecule has 0 radical (unpaired) electrons. The number of nitrogens with zero attached hydrogens (tertiary/aromatic N) is 2. The SMILES string of the molecule is CC(C)(C)[N](C(C)(C)C)[Sn]([CH3])([CH3])[N](C(C)(C)C)C(C)(C)C. The van der Waals surface area contributed by atoms with Gasteiger partial charge in [0.25, 0.3) is 0 Å². The van der Waals surface area contributed by atoms with Gasteiger partial charge in [-0.1, -0.05) is 0 Å². The topological polar surface area (TPSA) is 6.48 Å². The molecule has 0 unspecified atom stereocenters. The summed E-state index contributed by atoms with van der Waals surface area (Å²) in [5, 5.41) is 0. The van der Waals surface area contributed by atoms with Gasteiger partial charge < -0.3 is 0 Å². The molecule has 0 rings (SSSR count). The summed E-state index contributed by atoms with van der Waals surface area (Å²) in [6.45, 7) is 28.5. The van der Waals surface area contributed by atoms with Crippen LogP contribution in [0.1, 0.15) is 83.1 Å². The molecule has 128 valence electrons. The molecule has 0 fully saturated rings. The summed E-state index contributed by atoms with van der Waals surface area (Å²) in [7, 11) is 0. The second kappa shape index (κ2) is 5.98. The first-order valence-electron chi connectivity index (χ1n) is 8.34. The maximum absolute atomic E-state index is 2.87. The normalized spacial score (nSPS) is 16.0. The summed E-state index contributed by atoms with van der Waals surface area (Å²) >= 11 is -2.75. The third-order valence-corrected chi connectivity index (χ3v) is 17.7. The molecule has 0 heterocycles. The first kappa shape index (κ1) is 21.7. The van der Waals surface area contributed by atoms with Gasteiger partial charge in [-0.05, 0) is 0 Å². The fourth-order valence-corrected chi connectivity index (χ4v) is 24.7. The maximum atomic E-state index is 2.87. The molecule has 0 aromatic heterocycles. The number of hydrogen-bond donors (Lipinski definition) is 0. The number of rotatable bonds is 2. The van der Waals surface area contributed by atoms with Gasteiger partial charge in [0.2, 0.25) is 0 Å². The van der Waals surface area contributed by atoms with Gasteiger partial charge in [-0.15, -0.1) is 0 Å². The van der Waals surface area contributed by atoms with E-state index in [1.807, 2.05) is 0 Å². The van der Waals surface area contributed by atoms with E-state index in [0.717, 1.165) is 0 Å². The summed E-state index contributed by atoms with van der Waals surface area (Å²) < 4.78 is 5.73. The molecule has 0 spiro atoms. The van der Waals surface area contributed by atoms with Gasteiger partial charge in [-0.25, -0.2) is 0 Å². The summed E-state index contributed by atoms with van der Waals surface area (Å²) in [5.41, 5.74) is 0.748. The van der Waals surface area contributed by atoms with E-state index in [-0.39, 0.29) is 22.2 Å². The van der Waals surface area contributed by atoms with Crippen molar-refractivity contribution in [1.82, 2.24) is 6.24 Å². The second-order valence-corrected chi connectivity index (χ2v) is 21.9. The van der Waals surface area contributed by atoms with Crippen molar-refractivity contribution < 1.29 is 0 Å². The predicted octanol–water partition coefficient (Wildman–Crippen LogP) is 5.49. The van der Waals surface area contributed by atoms with Crippen molar-refractivity contribution in [3.05, 3.63) is 0 Å². The monoisotopic (exact) mass is 406 g/mol. The summed E-state index contributed by atoms with van der Waals surface area (Å²) in [6, 6.07) is 0.